The Bertz CT molecular complexity index is 1000. The molecule has 0 heterocycles. The third-order valence-electron chi connectivity index (χ3n) is 3.42. The molecule has 0 bridgehead atoms. The van der Waals surface area contributed by atoms with Gasteiger partial charge < -0.3 is 4.74 Å². The molecule has 0 radical (unpaired) electrons. The second-order valence-corrected chi connectivity index (χ2v) is 7.60. The van der Waals surface area contributed by atoms with E-state index < -0.39 is 26.9 Å². The zero-order chi connectivity index (χ0) is 20.2. The third kappa shape index (κ3) is 6.11. The predicted molar refractivity (Wildman–Crippen MR) is 90.8 cm³/mol. The maximum Gasteiger partial charge on any atom is 0.573 e. The molecule has 4 nitrogen and oxygen atoms in total. The van der Waals surface area contributed by atoms with Crippen molar-refractivity contribution in [3.8, 4) is 11.8 Å². The molecule has 27 heavy (non-hydrogen) atoms. The number of halogens is 4. The smallest absolute Gasteiger partial charge is 0.406 e. The summed E-state index contributed by atoms with van der Waals surface area (Å²) in [6.07, 6.45) is -2.74. The van der Waals surface area contributed by atoms with E-state index in [-0.39, 0.29) is 17.7 Å². The number of hydrogen-bond acceptors (Lipinski definition) is 4. The fourth-order valence-corrected chi connectivity index (χ4v) is 2.73. The SMILES string of the molecule is CS(=O)(=O)/C(C#N)=C/c1cc(Cc2ccc(OC(F)(F)F)cc2)ccc1F. The molecule has 0 saturated carbocycles. The lowest BCUT2D eigenvalue weighted by atomic mass is 10.0. The number of rotatable bonds is 5. The topological polar surface area (TPSA) is 67.2 Å². The Balaban J connectivity index is 2.26. The van der Waals surface area contributed by atoms with Gasteiger partial charge in [-0.05, 0) is 47.9 Å². The molecule has 0 aliphatic carbocycles. The Morgan fingerprint density at radius 3 is 2.26 bits per heavy atom. The monoisotopic (exact) mass is 399 g/mol. The van der Waals surface area contributed by atoms with Gasteiger partial charge in [0, 0.05) is 11.8 Å². The van der Waals surface area contributed by atoms with Crippen LogP contribution in [-0.4, -0.2) is 21.0 Å². The molecule has 0 spiro atoms. The summed E-state index contributed by atoms with van der Waals surface area (Å²) in [7, 11) is -3.79. The summed E-state index contributed by atoms with van der Waals surface area (Å²) in [6.45, 7) is 0. The zero-order valence-electron chi connectivity index (χ0n) is 13.9. The van der Waals surface area contributed by atoms with Crippen molar-refractivity contribution in [2.45, 2.75) is 12.8 Å². The Morgan fingerprint density at radius 1 is 1.15 bits per heavy atom. The first-order valence-corrected chi connectivity index (χ1v) is 9.32. The van der Waals surface area contributed by atoms with Gasteiger partial charge in [0.1, 0.15) is 22.5 Å². The van der Waals surface area contributed by atoms with Crippen molar-refractivity contribution in [3.05, 3.63) is 69.9 Å². The van der Waals surface area contributed by atoms with E-state index in [9.17, 15) is 26.0 Å². The van der Waals surface area contributed by atoms with Gasteiger partial charge in [0.2, 0.25) is 0 Å². The van der Waals surface area contributed by atoms with Crippen molar-refractivity contribution < 1.29 is 30.7 Å². The Morgan fingerprint density at radius 2 is 1.74 bits per heavy atom. The molecule has 142 valence electrons. The second kappa shape index (κ2) is 7.80. The van der Waals surface area contributed by atoms with Crippen LogP contribution in [0.2, 0.25) is 0 Å². The maximum absolute atomic E-state index is 13.9. The molecular formula is C18H13F4NO3S. The number of allylic oxidation sites excluding steroid dienone is 1. The number of ether oxygens (including phenoxy) is 1. The van der Waals surface area contributed by atoms with Crippen molar-refractivity contribution in [1.29, 1.82) is 5.26 Å². The lowest BCUT2D eigenvalue weighted by Crippen LogP contribution is -2.17. The van der Waals surface area contributed by atoms with Crippen LogP contribution < -0.4 is 4.74 Å². The summed E-state index contributed by atoms with van der Waals surface area (Å²) in [4.78, 5) is -0.577. The van der Waals surface area contributed by atoms with E-state index in [1.165, 1.54) is 30.3 Å². The molecule has 0 saturated heterocycles. The summed E-state index contributed by atoms with van der Waals surface area (Å²) in [5.41, 5.74) is 1.14. The van der Waals surface area contributed by atoms with E-state index in [2.05, 4.69) is 4.74 Å². The first-order valence-electron chi connectivity index (χ1n) is 7.43. The minimum Gasteiger partial charge on any atom is -0.406 e. The lowest BCUT2D eigenvalue weighted by molar-refractivity contribution is -0.274. The van der Waals surface area contributed by atoms with Crippen LogP contribution in [0.5, 0.6) is 5.75 Å². The molecule has 0 atom stereocenters. The molecule has 0 fully saturated rings. The molecule has 0 amide bonds. The van der Waals surface area contributed by atoms with Crippen LogP contribution in [-0.2, 0) is 16.3 Å². The lowest BCUT2D eigenvalue weighted by Gasteiger charge is -2.09. The van der Waals surface area contributed by atoms with Crippen LogP contribution in [0.3, 0.4) is 0 Å². The van der Waals surface area contributed by atoms with E-state index in [4.69, 9.17) is 5.26 Å². The second-order valence-electron chi connectivity index (χ2n) is 5.62. The summed E-state index contributed by atoms with van der Waals surface area (Å²) in [6, 6.07) is 10.6. The number of benzene rings is 2. The molecule has 0 N–H and O–H groups in total. The highest BCUT2D eigenvalue weighted by molar-refractivity contribution is 7.95. The summed E-state index contributed by atoms with van der Waals surface area (Å²) in [5.74, 6) is -1.06. The van der Waals surface area contributed by atoms with Gasteiger partial charge in [-0.1, -0.05) is 18.2 Å². The molecule has 2 aromatic carbocycles. The first kappa shape index (κ1) is 20.5. The fraction of sp³-hybridized carbons (Fsp3) is 0.167. The van der Waals surface area contributed by atoms with Crippen LogP contribution in [0, 0.1) is 17.1 Å². The molecule has 2 rings (SSSR count). The van der Waals surface area contributed by atoms with E-state index >= 15 is 0 Å². The highest BCUT2D eigenvalue weighted by Crippen LogP contribution is 2.24. The van der Waals surface area contributed by atoms with Crippen LogP contribution in [0.4, 0.5) is 17.6 Å². The van der Waals surface area contributed by atoms with Gasteiger partial charge in [-0.3, -0.25) is 0 Å². The molecule has 9 heteroatoms. The van der Waals surface area contributed by atoms with Gasteiger partial charge in [0.15, 0.2) is 9.84 Å². The number of nitriles is 1. The maximum atomic E-state index is 13.9. The molecule has 0 aliphatic heterocycles. The standard InChI is InChI=1S/C18H13F4NO3S/c1-27(24,25)16(11-23)10-14-9-13(4-7-17(14)19)8-12-2-5-15(6-3-12)26-18(20,21)22/h2-7,9-10H,8H2,1H3/b16-10+. The minimum absolute atomic E-state index is 0.0773. The van der Waals surface area contributed by atoms with Crippen molar-refractivity contribution in [2.75, 3.05) is 6.26 Å². The highest BCUT2D eigenvalue weighted by Gasteiger charge is 2.30. The number of alkyl halides is 3. The van der Waals surface area contributed by atoms with Gasteiger partial charge in [0.25, 0.3) is 0 Å². The fourth-order valence-electron chi connectivity index (χ4n) is 2.22. The van der Waals surface area contributed by atoms with E-state index in [1.807, 2.05) is 0 Å². The predicted octanol–water partition coefficient (Wildman–Crippen LogP) is 4.22. The summed E-state index contributed by atoms with van der Waals surface area (Å²) < 4.78 is 77.2. The molecule has 0 unspecified atom stereocenters. The Hall–Kier alpha value is -2.86. The summed E-state index contributed by atoms with van der Waals surface area (Å²) >= 11 is 0. The van der Waals surface area contributed by atoms with Crippen LogP contribution >= 0.6 is 0 Å². The van der Waals surface area contributed by atoms with Gasteiger partial charge >= 0.3 is 6.36 Å². The molecule has 0 aromatic heterocycles. The Labute approximate surface area is 153 Å². The quantitative estimate of drug-likeness (QED) is 0.558. The van der Waals surface area contributed by atoms with Gasteiger partial charge in [-0.15, -0.1) is 13.2 Å². The van der Waals surface area contributed by atoms with Gasteiger partial charge in [0.05, 0.1) is 0 Å². The molecular weight excluding hydrogens is 386 g/mol. The van der Waals surface area contributed by atoms with Crippen molar-refractivity contribution >= 4 is 15.9 Å². The Kier molecular flexibility index (Phi) is 5.91. The van der Waals surface area contributed by atoms with Crippen molar-refractivity contribution in [2.24, 2.45) is 0 Å². The minimum atomic E-state index is -4.78. The number of nitrogens with zero attached hydrogens (tertiary/aromatic N) is 1. The number of sulfone groups is 1. The third-order valence-corrected chi connectivity index (χ3v) is 4.43. The highest BCUT2D eigenvalue weighted by atomic mass is 32.2. The van der Waals surface area contributed by atoms with Crippen LogP contribution in [0.1, 0.15) is 16.7 Å². The first-order chi connectivity index (χ1) is 12.5. The summed E-state index contributed by atoms with van der Waals surface area (Å²) in [5, 5.41) is 8.91. The number of hydrogen-bond donors (Lipinski definition) is 0. The molecule has 0 aliphatic rings. The van der Waals surface area contributed by atoms with Crippen LogP contribution in [0.25, 0.3) is 6.08 Å². The van der Waals surface area contributed by atoms with Crippen molar-refractivity contribution in [3.63, 3.8) is 0 Å². The normalized spacial score (nSPS) is 12.5. The average Bonchev–Trinajstić information content (AvgIpc) is 2.54. The van der Waals surface area contributed by atoms with Gasteiger partial charge in [-0.2, -0.15) is 5.26 Å². The van der Waals surface area contributed by atoms with Crippen LogP contribution in [0.15, 0.2) is 47.4 Å². The molecule has 2 aromatic rings. The van der Waals surface area contributed by atoms with Gasteiger partial charge in [-0.25, -0.2) is 12.8 Å². The van der Waals surface area contributed by atoms with E-state index in [1.54, 1.807) is 0 Å². The van der Waals surface area contributed by atoms with E-state index in [0.717, 1.165) is 30.5 Å². The average molecular weight is 399 g/mol. The zero-order valence-corrected chi connectivity index (χ0v) is 14.7. The largest absolute Gasteiger partial charge is 0.573 e. The van der Waals surface area contributed by atoms with E-state index in [0.29, 0.717) is 11.1 Å². The van der Waals surface area contributed by atoms with Crippen molar-refractivity contribution in [1.82, 2.24) is 0 Å².